The third-order valence-electron chi connectivity index (χ3n) is 3.71. The molecule has 1 aromatic heterocycles. The molecular formula is C18H18N4O. The van der Waals surface area contributed by atoms with Crippen molar-refractivity contribution in [2.75, 3.05) is 16.8 Å². The van der Waals surface area contributed by atoms with E-state index in [1.54, 1.807) is 12.3 Å². The molecule has 116 valence electrons. The molecule has 0 aliphatic heterocycles. The minimum Gasteiger partial charge on any atom is -0.397 e. The molecule has 0 saturated carbocycles. The molecule has 0 unspecified atom stereocenters. The summed E-state index contributed by atoms with van der Waals surface area (Å²) >= 11 is 0. The lowest BCUT2D eigenvalue weighted by atomic mass is 10.1. The van der Waals surface area contributed by atoms with Crippen LogP contribution < -0.4 is 16.8 Å². The Bertz CT molecular complexity index is 855. The average molecular weight is 306 g/mol. The molecule has 0 radical (unpaired) electrons. The van der Waals surface area contributed by atoms with Crippen LogP contribution in [0.15, 0.2) is 54.7 Å². The first-order chi connectivity index (χ1) is 11.1. The number of carbonyl (C=O) groups excluding carboxylic acids is 1. The van der Waals surface area contributed by atoms with Crippen molar-refractivity contribution >= 4 is 33.9 Å². The molecule has 5 heteroatoms. The van der Waals surface area contributed by atoms with Crippen LogP contribution in [-0.4, -0.2) is 10.9 Å². The van der Waals surface area contributed by atoms with Crippen LogP contribution in [0.3, 0.4) is 0 Å². The first-order valence-corrected chi connectivity index (χ1v) is 7.41. The number of hydrogen-bond acceptors (Lipinski definition) is 4. The van der Waals surface area contributed by atoms with Crippen molar-refractivity contribution in [3.8, 4) is 0 Å². The summed E-state index contributed by atoms with van der Waals surface area (Å²) in [5.41, 5.74) is 15.2. The van der Waals surface area contributed by atoms with Gasteiger partial charge in [-0.1, -0.05) is 12.1 Å². The minimum absolute atomic E-state index is 0.0447. The zero-order valence-electron chi connectivity index (χ0n) is 12.6. The van der Waals surface area contributed by atoms with Gasteiger partial charge in [-0.15, -0.1) is 0 Å². The summed E-state index contributed by atoms with van der Waals surface area (Å²) in [7, 11) is 0. The number of nitrogen functional groups attached to an aromatic ring is 2. The first-order valence-electron chi connectivity index (χ1n) is 7.41. The molecule has 1 heterocycles. The molecule has 5 N–H and O–H groups in total. The van der Waals surface area contributed by atoms with E-state index >= 15 is 0 Å². The molecule has 0 aliphatic carbocycles. The number of rotatable bonds is 4. The third kappa shape index (κ3) is 3.40. The normalized spacial score (nSPS) is 10.6. The van der Waals surface area contributed by atoms with Crippen LogP contribution >= 0.6 is 0 Å². The molecule has 1 amide bonds. The Labute approximate surface area is 134 Å². The summed E-state index contributed by atoms with van der Waals surface area (Å²) in [5.74, 6) is -0.0447. The molecule has 0 bridgehead atoms. The average Bonchev–Trinajstić information content (AvgIpc) is 2.56. The maximum Gasteiger partial charge on any atom is 0.224 e. The van der Waals surface area contributed by atoms with E-state index in [2.05, 4.69) is 10.3 Å². The Morgan fingerprint density at radius 3 is 2.74 bits per heavy atom. The highest BCUT2D eigenvalue weighted by Gasteiger charge is 2.07. The lowest BCUT2D eigenvalue weighted by Gasteiger charge is -2.09. The van der Waals surface area contributed by atoms with Crippen LogP contribution in [0.1, 0.15) is 12.0 Å². The highest BCUT2D eigenvalue weighted by molar-refractivity contribution is 6.00. The number of aryl methyl sites for hydroxylation is 1. The number of nitrogens with two attached hydrogens (primary N) is 2. The van der Waals surface area contributed by atoms with Gasteiger partial charge < -0.3 is 16.8 Å². The lowest BCUT2D eigenvalue weighted by molar-refractivity contribution is -0.116. The number of nitrogens with one attached hydrogen (secondary N) is 1. The molecule has 2 aromatic carbocycles. The van der Waals surface area contributed by atoms with E-state index in [1.807, 2.05) is 42.5 Å². The predicted molar refractivity (Wildman–Crippen MR) is 94.0 cm³/mol. The Morgan fingerprint density at radius 2 is 1.91 bits per heavy atom. The number of anilines is 3. The number of nitrogens with zero attached hydrogens (tertiary/aromatic N) is 1. The van der Waals surface area contributed by atoms with Crippen LogP contribution in [0.2, 0.25) is 0 Å². The standard InChI is InChI=1S/C18H18N4O/c19-14-8-6-12(11-15(14)20)7-9-18(23)22-17-5-1-4-16-13(17)3-2-10-21-16/h1-6,8,10-11H,7,9,19-20H2,(H,22,23). The van der Waals surface area contributed by atoms with Crippen LogP contribution in [0.5, 0.6) is 0 Å². The molecule has 3 aromatic rings. The molecule has 0 spiro atoms. The largest absolute Gasteiger partial charge is 0.397 e. The lowest BCUT2D eigenvalue weighted by Crippen LogP contribution is -2.12. The van der Waals surface area contributed by atoms with Gasteiger partial charge in [0.05, 0.1) is 22.6 Å². The van der Waals surface area contributed by atoms with E-state index in [9.17, 15) is 4.79 Å². The summed E-state index contributed by atoms with van der Waals surface area (Å²) in [5, 5.41) is 3.88. The van der Waals surface area contributed by atoms with Crippen molar-refractivity contribution in [2.24, 2.45) is 0 Å². The van der Waals surface area contributed by atoms with Gasteiger partial charge in [-0.05, 0) is 48.4 Å². The predicted octanol–water partition coefficient (Wildman–Crippen LogP) is 2.97. The minimum atomic E-state index is -0.0447. The zero-order chi connectivity index (χ0) is 16.2. The van der Waals surface area contributed by atoms with E-state index in [1.165, 1.54) is 0 Å². The fraction of sp³-hybridized carbons (Fsp3) is 0.111. The Morgan fingerprint density at radius 1 is 1.04 bits per heavy atom. The Kier molecular flexibility index (Phi) is 4.10. The monoisotopic (exact) mass is 306 g/mol. The van der Waals surface area contributed by atoms with Gasteiger partial charge in [-0.2, -0.15) is 0 Å². The van der Waals surface area contributed by atoms with E-state index in [0.29, 0.717) is 24.2 Å². The SMILES string of the molecule is Nc1ccc(CCC(=O)Nc2cccc3ncccc23)cc1N. The van der Waals surface area contributed by atoms with Crippen molar-refractivity contribution in [1.29, 1.82) is 0 Å². The van der Waals surface area contributed by atoms with Gasteiger partial charge in [0.2, 0.25) is 5.91 Å². The maximum absolute atomic E-state index is 12.2. The molecule has 23 heavy (non-hydrogen) atoms. The highest BCUT2D eigenvalue weighted by atomic mass is 16.1. The van der Waals surface area contributed by atoms with E-state index in [-0.39, 0.29) is 5.91 Å². The molecule has 3 rings (SSSR count). The number of fused-ring (bicyclic) bond motifs is 1. The summed E-state index contributed by atoms with van der Waals surface area (Å²) in [6.45, 7) is 0. The van der Waals surface area contributed by atoms with Crippen molar-refractivity contribution < 1.29 is 4.79 Å². The van der Waals surface area contributed by atoms with E-state index in [4.69, 9.17) is 11.5 Å². The summed E-state index contributed by atoms with van der Waals surface area (Å²) in [4.78, 5) is 16.5. The number of carbonyl (C=O) groups is 1. The van der Waals surface area contributed by atoms with Gasteiger partial charge in [0.25, 0.3) is 0 Å². The summed E-state index contributed by atoms with van der Waals surface area (Å²) < 4.78 is 0. The molecule has 0 aliphatic rings. The molecule has 0 fully saturated rings. The number of hydrogen-bond donors (Lipinski definition) is 3. The number of aromatic nitrogens is 1. The van der Waals surface area contributed by atoms with Gasteiger partial charge in [0.1, 0.15) is 0 Å². The van der Waals surface area contributed by atoms with Crippen molar-refractivity contribution in [3.63, 3.8) is 0 Å². The fourth-order valence-electron chi connectivity index (χ4n) is 2.46. The number of pyridine rings is 1. The topological polar surface area (TPSA) is 94.0 Å². The third-order valence-corrected chi connectivity index (χ3v) is 3.71. The van der Waals surface area contributed by atoms with E-state index in [0.717, 1.165) is 22.2 Å². The van der Waals surface area contributed by atoms with Crippen LogP contribution in [0.4, 0.5) is 17.1 Å². The summed E-state index contributed by atoms with van der Waals surface area (Å²) in [6, 6.07) is 14.9. The second-order valence-corrected chi connectivity index (χ2v) is 5.39. The Balaban J connectivity index is 1.68. The summed E-state index contributed by atoms with van der Waals surface area (Å²) in [6.07, 6.45) is 2.72. The second-order valence-electron chi connectivity index (χ2n) is 5.39. The van der Waals surface area contributed by atoms with Gasteiger partial charge in [0.15, 0.2) is 0 Å². The quantitative estimate of drug-likeness (QED) is 0.646. The number of amides is 1. The van der Waals surface area contributed by atoms with E-state index < -0.39 is 0 Å². The first kappa shape index (κ1) is 14.8. The smallest absolute Gasteiger partial charge is 0.224 e. The van der Waals surface area contributed by atoms with Crippen LogP contribution in [0.25, 0.3) is 10.9 Å². The fourth-order valence-corrected chi connectivity index (χ4v) is 2.46. The zero-order valence-corrected chi connectivity index (χ0v) is 12.6. The highest BCUT2D eigenvalue weighted by Crippen LogP contribution is 2.22. The van der Waals surface area contributed by atoms with Gasteiger partial charge in [0, 0.05) is 18.0 Å². The van der Waals surface area contributed by atoms with Crippen molar-refractivity contribution in [1.82, 2.24) is 4.98 Å². The van der Waals surface area contributed by atoms with Crippen molar-refractivity contribution in [3.05, 3.63) is 60.3 Å². The van der Waals surface area contributed by atoms with Gasteiger partial charge >= 0.3 is 0 Å². The maximum atomic E-state index is 12.2. The molecular weight excluding hydrogens is 288 g/mol. The van der Waals surface area contributed by atoms with Crippen LogP contribution in [-0.2, 0) is 11.2 Å². The molecule has 5 nitrogen and oxygen atoms in total. The molecule has 0 saturated heterocycles. The van der Waals surface area contributed by atoms with Gasteiger partial charge in [-0.25, -0.2) is 0 Å². The molecule has 0 atom stereocenters. The Hall–Kier alpha value is -3.08. The number of benzene rings is 2. The van der Waals surface area contributed by atoms with Gasteiger partial charge in [-0.3, -0.25) is 9.78 Å². The van der Waals surface area contributed by atoms with Crippen molar-refractivity contribution in [2.45, 2.75) is 12.8 Å². The second kappa shape index (κ2) is 6.36. The van der Waals surface area contributed by atoms with Crippen LogP contribution in [0, 0.1) is 0 Å².